The van der Waals surface area contributed by atoms with Crippen molar-refractivity contribution in [1.29, 1.82) is 0 Å². The maximum atomic E-state index is 12.3. The number of furan rings is 1. The lowest BCUT2D eigenvalue weighted by molar-refractivity contribution is 0.0922. The lowest BCUT2D eigenvalue weighted by atomic mass is 10.1. The van der Waals surface area contributed by atoms with Gasteiger partial charge in [-0.15, -0.1) is 0 Å². The summed E-state index contributed by atoms with van der Waals surface area (Å²) in [6.45, 7) is 6.72. The molecule has 0 aliphatic heterocycles. The number of carbonyl (C=O) groups excluding carboxylic acids is 1. The van der Waals surface area contributed by atoms with E-state index < -0.39 is 0 Å². The predicted octanol–water partition coefficient (Wildman–Crippen LogP) is 4.28. The Hall–Kier alpha value is -2.29. The Morgan fingerprint density at radius 3 is 2.67 bits per heavy atom. The van der Waals surface area contributed by atoms with Crippen molar-refractivity contribution in [1.82, 2.24) is 5.32 Å². The molecule has 3 nitrogen and oxygen atoms in total. The van der Waals surface area contributed by atoms with Crippen LogP contribution < -0.4 is 5.32 Å². The van der Waals surface area contributed by atoms with Crippen LogP contribution in [0.1, 0.15) is 30.0 Å². The van der Waals surface area contributed by atoms with Crippen LogP contribution in [0.15, 0.2) is 40.8 Å². The van der Waals surface area contributed by atoms with Crippen molar-refractivity contribution in [3.8, 4) is 0 Å². The van der Waals surface area contributed by atoms with Crippen molar-refractivity contribution in [3.05, 3.63) is 47.7 Å². The molecular weight excluding hydrogens is 262 g/mol. The van der Waals surface area contributed by atoms with E-state index >= 15 is 0 Å². The first-order valence-electron chi connectivity index (χ1n) is 7.27. The Morgan fingerprint density at radius 1 is 1.14 bits per heavy atom. The molecule has 21 heavy (non-hydrogen) atoms. The van der Waals surface area contributed by atoms with Gasteiger partial charge in [0.05, 0.1) is 0 Å². The zero-order valence-corrected chi connectivity index (χ0v) is 12.6. The molecule has 2 aromatic carbocycles. The molecule has 1 aromatic heterocycles. The zero-order valence-electron chi connectivity index (χ0n) is 12.6. The quantitative estimate of drug-likeness (QED) is 0.778. The molecule has 1 amide bonds. The molecular formula is C18H19NO2. The highest BCUT2D eigenvalue weighted by molar-refractivity contribution is 6.08. The van der Waals surface area contributed by atoms with Crippen LogP contribution in [0, 0.1) is 12.8 Å². The van der Waals surface area contributed by atoms with Gasteiger partial charge in [0.2, 0.25) is 0 Å². The molecule has 0 spiro atoms. The number of nitrogens with one attached hydrogen (secondary N) is 1. The molecule has 0 radical (unpaired) electrons. The maximum absolute atomic E-state index is 12.3. The maximum Gasteiger partial charge on any atom is 0.287 e. The van der Waals surface area contributed by atoms with Crippen molar-refractivity contribution in [2.75, 3.05) is 6.54 Å². The van der Waals surface area contributed by atoms with Crippen LogP contribution in [0.25, 0.3) is 21.7 Å². The lowest BCUT2D eigenvalue weighted by Crippen LogP contribution is -2.27. The van der Waals surface area contributed by atoms with Crippen LogP contribution in [0.4, 0.5) is 0 Å². The van der Waals surface area contributed by atoms with Crippen LogP contribution in [-0.2, 0) is 0 Å². The minimum atomic E-state index is -0.138. The van der Waals surface area contributed by atoms with Crippen molar-refractivity contribution < 1.29 is 9.21 Å². The van der Waals surface area contributed by atoms with E-state index in [1.165, 1.54) is 0 Å². The number of amides is 1. The van der Waals surface area contributed by atoms with E-state index in [1.807, 2.05) is 37.3 Å². The molecule has 1 N–H and O–H groups in total. The average Bonchev–Trinajstić information content (AvgIpc) is 2.82. The molecule has 1 heterocycles. The van der Waals surface area contributed by atoms with Gasteiger partial charge < -0.3 is 9.73 Å². The predicted molar refractivity (Wildman–Crippen MR) is 85.6 cm³/mol. The van der Waals surface area contributed by atoms with Crippen molar-refractivity contribution in [2.45, 2.75) is 20.8 Å². The molecule has 0 unspecified atom stereocenters. The Balaban J connectivity index is 2.10. The second kappa shape index (κ2) is 5.24. The van der Waals surface area contributed by atoms with Crippen molar-refractivity contribution >= 4 is 27.6 Å². The van der Waals surface area contributed by atoms with Gasteiger partial charge in [-0.05, 0) is 18.2 Å². The van der Waals surface area contributed by atoms with Gasteiger partial charge >= 0.3 is 0 Å². The topological polar surface area (TPSA) is 42.2 Å². The number of benzene rings is 2. The van der Waals surface area contributed by atoms with E-state index in [0.29, 0.717) is 18.2 Å². The molecule has 0 aliphatic carbocycles. The molecule has 108 valence electrons. The molecule has 3 heteroatoms. The van der Waals surface area contributed by atoms with E-state index in [4.69, 9.17) is 4.42 Å². The first-order chi connectivity index (χ1) is 10.1. The zero-order chi connectivity index (χ0) is 15.0. The summed E-state index contributed by atoms with van der Waals surface area (Å²) in [5, 5.41) is 6.08. The van der Waals surface area contributed by atoms with E-state index in [0.717, 1.165) is 27.3 Å². The van der Waals surface area contributed by atoms with Crippen LogP contribution in [-0.4, -0.2) is 12.5 Å². The van der Waals surface area contributed by atoms with Crippen molar-refractivity contribution in [2.24, 2.45) is 5.92 Å². The number of hydrogen-bond acceptors (Lipinski definition) is 2. The van der Waals surface area contributed by atoms with Gasteiger partial charge in [-0.3, -0.25) is 4.79 Å². The van der Waals surface area contributed by atoms with Crippen LogP contribution in [0.5, 0.6) is 0 Å². The first-order valence-corrected chi connectivity index (χ1v) is 7.27. The Labute approximate surface area is 123 Å². The minimum Gasteiger partial charge on any atom is -0.450 e. The molecule has 0 saturated carbocycles. The average molecular weight is 281 g/mol. The number of aryl methyl sites for hydroxylation is 1. The summed E-state index contributed by atoms with van der Waals surface area (Å²) in [7, 11) is 0. The number of fused-ring (bicyclic) bond motifs is 3. The molecule has 0 aliphatic rings. The summed E-state index contributed by atoms with van der Waals surface area (Å²) in [6.07, 6.45) is 0. The fourth-order valence-corrected chi connectivity index (χ4v) is 2.54. The van der Waals surface area contributed by atoms with Crippen LogP contribution in [0.2, 0.25) is 0 Å². The number of rotatable bonds is 3. The number of hydrogen-bond donors (Lipinski definition) is 1. The second-order valence-corrected chi connectivity index (χ2v) is 5.82. The number of carbonyl (C=O) groups is 1. The summed E-state index contributed by atoms with van der Waals surface area (Å²) >= 11 is 0. The van der Waals surface area contributed by atoms with Gasteiger partial charge in [-0.2, -0.15) is 0 Å². The van der Waals surface area contributed by atoms with E-state index in [1.54, 1.807) is 0 Å². The summed E-state index contributed by atoms with van der Waals surface area (Å²) in [6, 6.07) is 12.1. The third-order valence-electron chi connectivity index (χ3n) is 3.71. The summed E-state index contributed by atoms with van der Waals surface area (Å²) in [4.78, 5) is 12.3. The molecule has 0 fully saturated rings. The van der Waals surface area contributed by atoms with Crippen LogP contribution in [0.3, 0.4) is 0 Å². The van der Waals surface area contributed by atoms with Gasteiger partial charge in [0, 0.05) is 22.9 Å². The first kappa shape index (κ1) is 13.7. The van der Waals surface area contributed by atoms with Gasteiger partial charge in [0.15, 0.2) is 5.76 Å². The standard InChI is InChI=1S/C18H19NO2/c1-11(2)10-19-18(20)16-12(3)14-9-8-13-6-4-5-7-15(13)17(14)21-16/h4-9,11H,10H2,1-3H3,(H,19,20). The lowest BCUT2D eigenvalue weighted by Gasteiger charge is -2.05. The van der Waals surface area contributed by atoms with Gasteiger partial charge in [-0.25, -0.2) is 0 Å². The van der Waals surface area contributed by atoms with E-state index in [9.17, 15) is 4.79 Å². The van der Waals surface area contributed by atoms with Gasteiger partial charge in [0.25, 0.3) is 5.91 Å². The molecule has 0 atom stereocenters. The fraction of sp³-hybridized carbons (Fsp3) is 0.278. The molecule has 0 saturated heterocycles. The highest BCUT2D eigenvalue weighted by Crippen LogP contribution is 2.31. The van der Waals surface area contributed by atoms with Gasteiger partial charge in [-0.1, -0.05) is 50.2 Å². The second-order valence-electron chi connectivity index (χ2n) is 5.82. The van der Waals surface area contributed by atoms with E-state index in [-0.39, 0.29) is 5.91 Å². The highest BCUT2D eigenvalue weighted by atomic mass is 16.3. The monoisotopic (exact) mass is 281 g/mol. The largest absolute Gasteiger partial charge is 0.450 e. The summed E-state index contributed by atoms with van der Waals surface area (Å²) in [5.74, 6) is 0.697. The third-order valence-corrected chi connectivity index (χ3v) is 3.71. The highest BCUT2D eigenvalue weighted by Gasteiger charge is 2.18. The van der Waals surface area contributed by atoms with Crippen LogP contribution >= 0.6 is 0 Å². The SMILES string of the molecule is Cc1c(C(=O)NCC(C)C)oc2c1ccc1ccccc12. The normalized spacial score (nSPS) is 11.4. The third kappa shape index (κ3) is 2.40. The molecule has 3 aromatic rings. The summed E-state index contributed by atoms with van der Waals surface area (Å²) < 4.78 is 5.89. The smallest absolute Gasteiger partial charge is 0.287 e. The fourth-order valence-electron chi connectivity index (χ4n) is 2.54. The Morgan fingerprint density at radius 2 is 1.90 bits per heavy atom. The van der Waals surface area contributed by atoms with Gasteiger partial charge in [0.1, 0.15) is 5.58 Å². The summed E-state index contributed by atoms with van der Waals surface area (Å²) in [5.41, 5.74) is 1.69. The van der Waals surface area contributed by atoms with E-state index in [2.05, 4.69) is 25.2 Å². The van der Waals surface area contributed by atoms with Crippen molar-refractivity contribution in [3.63, 3.8) is 0 Å². The Bertz CT molecular complexity index is 815. The molecule has 0 bridgehead atoms. The molecule has 3 rings (SSSR count). The minimum absolute atomic E-state index is 0.138. The Kier molecular flexibility index (Phi) is 3.42.